The predicted molar refractivity (Wildman–Crippen MR) is 53.3 cm³/mol. The molecular weight excluding hydrogens is 168 g/mol. The number of hydrogen-bond donors (Lipinski definition) is 1. The third-order valence-corrected chi connectivity index (χ3v) is 2.49. The maximum absolute atomic E-state index is 4.22. The van der Waals surface area contributed by atoms with Crippen molar-refractivity contribution in [3.8, 4) is 0 Å². The van der Waals surface area contributed by atoms with Gasteiger partial charge in [-0.2, -0.15) is 0 Å². The molecule has 0 amide bonds. The summed E-state index contributed by atoms with van der Waals surface area (Å²) in [7, 11) is 0. The summed E-state index contributed by atoms with van der Waals surface area (Å²) in [5.74, 6) is 0. The Hall–Kier alpha value is -0.670. The average Bonchev–Trinajstić information content (AvgIpc) is 2.51. The van der Waals surface area contributed by atoms with Crippen molar-refractivity contribution in [1.29, 1.82) is 0 Å². The Kier molecular flexibility index (Phi) is 3.44. The number of hydrogen-bond acceptors (Lipinski definition) is 3. The van der Waals surface area contributed by atoms with E-state index < -0.39 is 0 Å². The van der Waals surface area contributed by atoms with E-state index in [4.69, 9.17) is 0 Å². The number of nitrogens with one attached hydrogen (secondary N) is 1. The molecule has 0 fully saturated rings. The van der Waals surface area contributed by atoms with E-state index in [0.717, 1.165) is 17.1 Å². The topological polar surface area (TPSA) is 24.9 Å². The fourth-order valence-corrected chi connectivity index (χ4v) is 1.53. The lowest BCUT2D eigenvalue weighted by molar-refractivity contribution is 0.604. The number of nitrogens with zero attached hydrogens (tertiary/aromatic N) is 1. The predicted octanol–water partition coefficient (Wildman–Crippen LogP) is 2.37. The van der Waals surface area contributed by atoms with E-state index in [9.17, 15) is 0 Å². The highest BCUT2D eigenvalue weighted by Gasteiger charge is 2.05. The van der Waals surface area contributed by atoms with E-state index in [2.05, 4.69) is 23.8 Å². The molecule has 2 nitrogen and oxygen atoms in total. The van der Waals surface area contributed by atoms with E-state index in [-0.39, 0.29) is 0 Å². The molecule has 12 heavy (non-hydrogen) atoms. The van der Waals surface area contributed by atoms with E-state index in [0.29, 0.717) is 6.04 Å². The van der Waals surface area contributed by atoms with Crippen LogP contribution in [-0.2, 0) is 0 Å². The van der Waals surface area contributed by atoms with Gasteiger partial charge in [-0.15, -0.1) is 11.3 Å². The summed E-state index contributed by atoms with van der Waals surface area (Å²) >= 11 is 1.68. The van der Waals surface area contributed by atoms with Crippen molar-refractivity contribution in [2.45, 2.75) is 19.9 Å². The third kappa shape index (κ3) is 2.75. The van der Waals surface area contributed by atoms with Crippen LogP contribution in [0, 0.1) is 0 Å². The van der Waals surface area contributed by atoms with Crippen LogP contribution in [0.2, 0.25) is 0 Å². The highest BCUT2D eigenvalue weighted by Crippen LogP contribution is 2.14. The van der Waals surface area contributed by atoms with Gasteiger partial charge in [0.1, 0.15) is 5.01 Å². The summed E-state index contributed by atoms with van der Waals surface area (Å²) in [6, 6.07) is 0.335. The van der Waals surface area contributed by atoms with Crippen LogP contribution < -0.4 is 5.32 Å². The van der Waals surface area contributed by atoms with Gasteiger partial charge >= 0.3 is 0 Å². The van der Waals surface area contributed by atoms with Gasteiger partial charge < -0.3 is 5.32 Å². The van der Waals surface area contributed by atoms with Gasteiger partial charge in [0, 0.05) is 18.1 Å². The van der Waals surface area contributed by atoms with E-state index in [1.807, 2.05) is 18.5 Å². The molecule has 1 unspecified atom stereocenters. The van der Waals surface area contributed by atoms with Crippen LogP contribution in [0.25, 0.3) is 0 Å². The van der Waals surface area contributed by atoms with Crippen molar-refractivity contribution < 1.29 is 0 Å². The molecule has 0 aromatic carbocycles. The first-order valence-corrected chi connectivity index (χ1v) is 4.85. The minimum Gasteiger partial charge on any atom is -0.304 e. The van der Waals surface area contributed by atoms with Crippen LogP contribution in [0.4, 0.5) is 0 Å². The van der Waals surface area contributed by atoms with Crippen LogP contribution in [0.1, 0.15) is 24.9 Å². The molecule has 1 heterocycles. The molecule has 0 radical (unpaired) electrons. The molecule has 1 rings (SSSR count). The fraction of sp³-hybridized carbons (Fsp3) is 0.444. The molecule has 1 atom stereocenters. The second kappa shape index (κ2) is 4.38. The number of thiazole rings is 1. The first-order valence-electron chi connectivity index (χ1n) is 3.97. The monoisotopic (exact) mass is 182 g/mol. The Labute approximate surface area is 77.3 Å². The van der Waals surface area contributed by atoms with Crippen LogP contribution in [0.5, 0.6) is 0 Å². The summed E-state index contributed by atoms with van der Waals surface area (Å²) in [6.45, 7) is 8.82. The minimum absolute atomic E-state index is 0.335. The second-order valence-electron chi connectivity index (χ2n) is 2.93. The molecule has 1 aromatic heterocycles. The van der Waals surface area contributed by atoms with Gasteiger partial charge in [0.15, 0.2) is 0 Å². The first kappa shape index (κ1) is 9.42. The maximum Gasteiger partial charge on any atom is 0.109 e. The lowest BCUT2D eigenvalue weighted by atomic mass is 10.3. The number of aromatic nitrogens is 1. The lowest BCUT2D eigenvalue weighted by Gasteiger charge is -2.10. The minimum atomic E-state index is 0.335. The smallest absolute Gasteiger partial charge is 0.109 e. The van der Waals surface area contributed by atoms with Gasteiger partial charge in [0.2, 0.25) is 0 Å². The molecule has 0 aliphatic carbocycles. The van der Waals surface area contributed by atoms with Gasteiger partial charge in [-0.25, -0.2) is 4.98 Å². The molecule has 66 valence electrons. The lowest BCUT2D eigenvalue weighted by Crippen LogP contribution is -2.19. The molecule has 0 saturated heterocycles. The van der Waals surface area contributed by atoms with Crippen molar-refractivity contribution in [3.63, 3.8) is 0 Å². The van der Waals surface area contributed by atoms with Crippen molar-refractivity contribution in [3.05, 3.63) is 28.7 Å². The third-order valence-electron chi connectivity index (χ3n) is 1.53. The molecule has 0 aliphatic rings. The highest BCUT2D eigenvalue weighted by atomic mass is 32.1. The molecule has 0 bridgehead atoms. The normalized spacial score (nSPS) is 12.8. The van der Waals surface area contributed by atoms with Crippen molar-refractivity contribution >= 4 is 11.3 Å². The largest absolute Gasteiger partial charge is 0.304 e. The Balaban J connectivity index is 2.39. The Morgan fingerprint density at radius 3 is 3.08 bits per heavy atom. The zero-order valence-corrected chi connectivity index (χ0v) is 8.32. The van der Waals surface area contributed by atoms with Crippen LogP contribution in [-0.4, -0.2) is 11.5 Å². The fourth-order valence-electron chi connectivity index (χ4n) is 0.863. The van der Waals surface area contributed by atoms with E-state index >= 15 is 0 Å². The molecule has 0 aliphatic heterocycles. The SMILES string of the molecule is C=C(C)CNC(C)c1nccs1. The summed E-state index contributed by atoms with van der Waals surface area (Å²) in [5, 5.41) is 6.46. The number of rotatable bonds is 4. The van der Waals surface area contributed by atoms with Crippen LogP contribution in [0.3, 0.4) is 0 Å². The van der Waals surface area contributed by atoms with Gasteiger partial charge in [0.25, 0.3) is 0 Å². The van der Waals surface area contributed by atoms with Crippen LogP contribution in [0.15, 0.2) is 23.7 Å². The summed E-state index contributed by atoms with van der Waals surface area (Å²) in [6.07, 6.45) is 1.83. The Morgan fingerprint density at radius 1 is 1.83 bits per heavy atom. The van der Waals surface area contributed by atoms with Gasteiger partial charge in [0.05, 0.1) is 6.04 Å². The Morgan fingerprint density at radius 2 is 2.58 bits per heavy atom. The molecule has 0 spiro atoms. The molecular formula is C9H14N2S. The molecule has 1 aromatic rings. The van der Waals surface area contributed by atoms with E-state index in [1.165, 1.54) is 0 Å². The van der Waals surface area contributed by atoms with Crippen molar-refractivity contribution in [1.82, 2.24) is 10.3 Å². The van der Waals surface area contributed by atoms with Gasteiger partial charge in [-0.3, -0.25) is 0 Å². The van der Waals surface area contributed by atoms with Gasteiger partial charge in [-0.05, 0) is 13.8 Å². The average molecular weight is 182 g/mol. The van der Waals surface area contributed by atoms with Gasteiger partial charge in [-0.1, -0.05) is 12.2 Å². The molecule has 3 heteroatoms. The van der Waals surface area contributed by atoms with Crippen molar-refractivity contribution in [2.24, 2.45) is 0 Å². The Bertz CT molecular complexity index is 241. The summed E-state index contributed by atoms with van der Waals surface area (Å²) in [4.78, 5) is 4.22. The zero-order chi connectivity index (χ0) is 8.97. The summed E-state index contributed by atoms with van der Waals surface area (Å²) < 4.78 is 0. The first-order chi connectivity index (χ1) is 5.70. The summed E-state index contributed by atoms with van der Waals surface area (Å²) in [5.41, 5.74) is 1.15. The van der Waals surface area contributed by atoms with E-state index in [1.54, 1.807) is 11.3 Å². The van der Waals surface area contributed by atoms with Crippen molar-refractivity contribution in [2.75, 3.05) is 6.54 Å². The quantitative estimate of drug-likeness (QED) is 0.723. The molecule has 0 saturated carbocycles. The standard InChI is InChI=1S/C9H14N2S/c1-7(2)6-11-8(3)9-10-4-5-12-9/h4-5,8,11H,1,6H2,2-3H3. The zero-order valence-electron chi connectivity index (χ0n) is 7.50. The second-order valence-corrected chi connectivity index (χ2v) is 3.86. The maximum atomic E-state index is 4.22. The molecule has 1 N–H and O–H groups in total. The highest BCUT2D eigenvalue weighted by molar-refractivity contribution is 7.09. The van der Waals surface area contributed by atoms with Crippen LogP contribution >= 0.6 is 11.3 Å².